The molecule has 0 aliphatic carbocycles. The van der Waals surface area contributed by atoms with E-state index in [1.54, 1.807) is 26.2 Å². The van der Waals surface area contributed by atoms with Gasteiger partial charge in [0, 0.05) is 12.1 Å². The quantitative estimate of drug-likeness (QED) is 0.567. The molecular weight excluding hydrogens is 254 g/mol. The van der Waals surface area contributed by atoms with Crippen LogP contribution in [0, 0.1) is 0 Å². The Bertz CT molecular complexity index is 453. The first kappa shape index (κ1) is 14.9. The van der Waals surface area contributed by atoms with Crippen LogP contribution in [0.1, 0.15) is 36.5 Å². The lowest BCUT2D eigenvalue weighted by Crippen LogP contribution is -2.21. The van der Waals surface area contributed by atoms with E-state index in [0.717, 1.165) is 13.0 Å². The predicted molar refractivity (Wildman–Crippen MR) is 78.8 cm³/mol. The molecule has 1 aliphatic rings. The van der Waals surface area contributed by atoms with E-state index in [1.807, 2.05) is 6.07 Å². The maximum Gasteiger partial charge on any atom is 0.161 e. The summed E-state index contributed by atoms with van der Waals surface area (Å²) in [5, 5.41) is 0. The Morgan fingerprint density at radius 2 is 2.00 bits per heavy atom. The molecule has 0 N–H and O–H groups in total. The fourth-order valence-corrected chi connectivity index (χ4v) is 2.48. The third-order valence-electron chi connectivity index (χ3n) is 3.65. The van der Waals surface area contributed by atoms with Crippen molar-refractivity contribution >= 4 is 5.78 Å². The summed E-state index contributed by atoms with van der Waals surface area (Å²) in [4.78, 5) is 13.8. The number of rotatable bonds is 7. The molecule has 0 atom stereocenters. The number of carbonyl (C=O) groups is 1. The molecule has 0 amide bonds. The Kier molecular flexibility index (Phi) is 5.41. The van der Waals surface area contributed by atoms with Crippen LogP contribution in [-0.2, 0) is 0 Å². The van der Waals surface area contributed by atoms with Crippen LogP contribution in [0.15, 0.2) is 18.2 Å². The predicted octanol–water partition coefficient (Wildman–Crippen LogP) is 2.76. The van der Waals surface area contributed by atoms with Crippen LogP contribution in [0.5, 0.6) is 11.5 Å². The van der Waals surface area contributed by atoms with Crippen molar-refractivity contribution in [1.29, 1.82) is 0 Å². The van der Waals surface area contributed by atoms with Gasteiger partial charge in [0.25, 0.3) is 0 Å². The summed E-state index contributed by atoms with van der Waals surface area (Å²) in [5.41, 5.74) is 0.645. The van der Waals surface area contributed by atoms with Gasteiger partial charge in [-0.2, -0.15) is 0 Å². The smallest absolute Gasteiger partial charge is 0.161 e. The third kappa shape index (κ3) is 3.97. The number of ketones is 1. The molecule has 2 rings (SSSR count). The van der Waals surface area contributed by atoms with E-state index in [9.17, 15) is 4.79 Å². The van der Waals surface area contributed by atoms with Crippen LogP contribution in [0.3, 0.4) is 0 Å². The molecule has 1 aromatic carbocycles. The molecule has 20 heavy (non-hydrogen) atoms. The topological polar surface area (TPSA) is 38.8 Å². The normalized spacial score (nSPS) is 15.3. The molecule has 0 aromatic heterocycles. The van der Waals surface area contributed by atoms with Crippen molar-refractivity contribution in [3.05, 3.63) is 23.8 Å². The molecular formula is C16H23NO3. The van der Waals surface area contributed by atoms with Gasteiger partial charge in [-0.1, -0.05) is 0 Å². The zero-order valence-electron chi connectivity index (χ0n) is 12.4. The molecule has 110 valence electrons. The maximum atomic E-state index is 11.3. The number of methoxy groups -OCH3 is 1. The fourth-order valence-electron chi connectivity index (χ4n) is 2.48. The summed E-state index contributed by atoms with van der Waals surface area (Å²) in [6.07, 6.45) is 3.65. The van der Waals surface area contributed by atoms with Gasteiger partial charge in [-0.3, -0.25) is 4.79 Å². The Morgan fingerprint density at radius 3 is 2.65 bits per heavy atom. The minimum atomic E-state index is 0.0314. The largest absolute Gasteiger partial charge is 0.493 e. The van der Waals surface area contributed by atoms with Gasteiger partial charge in [0.1, 0.15) is 0 Å². The number of carbonyl (C=O) groups excluding carboxylic acids is 1. The molecule has 0 radical (unpaired) electrons. The highest BCUT2D eigenvalue weighted by Crippen LogP contribution is 2.28. The monoisotopic (exact) mass is 277 g/mol. The summed E-state index contributed by atoms with van der Waals surface area (Å²) in [6.45, 7) is 5.75. The number of hydrogen-bond donors (Lipinski definition) is 0. The fraction of sp³-hybridized carbons (Fsp3) is 0.562. The number of nitrogens with zero attached hydrogens (tertiary/aromatic N) is 1. The summed E-state index contributed by atoms with van der Waals surface area (Å²) in [5.74, 6) is 1.36. The summed E-state index contributed by atoms with van der Waals surface area (Å²) >= 11 is 0. The van der Waals surface area contributed by atoms with E-state index >= 15 is 0 Å². The van der Waals surface area contributed by atoms with E-state index in [4.69, 9.17) is 9.47 Å². The number of Topliss-reactive ketones (excluding diaryl/α,β-unsaturated/α-hetero) is 1. The molecule has 4 heteroatoms. The van der Waals surface area contributed by atoms with E-state index in [1.165, 1.54) is 25.9 Å². The number of hydrogen-bond acceptors (Lipinski definition) is 4. The van der Waals surface area contributed by atoms with E-state index in [0.29, 0.717) is 23.7 Å². The molecule has 1 aromatic rings. The molecule has 1 fully saturated rings. The van der Waals surface area contributed by atoms with Crippen molar-refractivity contribution in [2.75, 3.05) is 33.4 Å². The highest BCUT2D eigenvalue weighted by Gasteiger charge is 2.11. The highest BCUT2D eigenvalue weighted by molar-refractivity contribution is 5.94. The van der Waals surface area contributed by atoms with Crippen molar-refractivity contribution in [1.82, 2.24) is 4.90 Å². The second-order valence-electron chi connectivity index (χ2n) is 5.17. The van der Waals surface area contributed by atoms with E-state index < -0.39 is 0 Å². The number of ether oxygens (including phenoxy) is 2. The third-order valence-corrected chi connectivity index (χ3v) is 3.65. The second-order valence-corrected chi connectivity index (χ2v) is 5.17. The molecule has 4 nitrogen and oxygen atoms in total. The van der Waals surface area contributed by atoms with Crippen molar-refractivity contribution < 1.29 is 14.3 Å². The Hall–Kier alpha value is -1.55. The number of benzene rings is 1. The first-order valence-corrected chi connectivity index (χ1v) is 7.25. The zero-order valence-corrected chi connectivity index (χ0v) is 12.4. The maximum absolute atomic E-state index is 11.3. The van der Waals surface area contributed by atoms with E-state index in [2.05, 4.69) is 4.90 Å². The van der Waals surface area contributed by atoms with Gasteiger partial charge in [-0.25, -0.2) is 0 Å². The standard InChI is InChI=1S/C16H23NO3/c1-13(18)14-6-7-15(16(12-14)19-2)20-11-5-10-17-8-3-4-9-17/h6-7,12H,3-5,8-11H2,1-2H3. The van der Waals surface area contributed by atoms with Crippen molar-refractivity contribution in [3.63, 3.8) is 0 Å². The summed E-state index contributed by atoms with van der Waals surface area (Å²) < 4.78 is 11.0. The SMILES string of the molecule is COc1cc(C(C)=O)ccc1OCCCN1CCCC1. The Balaban J connectivity index is 1.83. The van der Waals surface area contributed by atoms with Crippen molar-refractivity contribution in [2.45, 2.75) is 26.2 Å². The average Bonchev–Trinajstić information content (AvgIpc) is 2.96. The van der Waals surface area contributed by atoms with Crippen LogP contribution in [-0.4, -0.2) is 44.0 Å². The molecule has 1 saturated heterocycles. The van der Waals surface area contributed by atoms with Crippen LogP contribution >= 0.6 is 0 Å². The van der Waals surface area contributed by atoms with Gasteiger partial charge in [0.05, 0.1) is 13.7 Å². The molecule has 1 heterocycles. The van der Waals surface area contributed by atoms with Gasteiger partial charge in [0.2, 0.25) is 0 Å². The van der Waals surface area contributed by atoms with Crippen molar-refractivity contribution in [2.24, 2.45) is 0 Å². The van der Waals surface area contributed by atoms with Gasteiger partial charge in [-0.05, 0) is 57.5 Å². The lowest BCUT2D eigenvalue weighted by atomic mass is 10.1. The Labute approximate surface area is 120 Å². The van der Waals surface area contributed by atoms with Gasteiger partial charge in [-0.15, -0.1) is 0 Å². The lowest BCUT2D eigenvalue weighted by molar-refractivity contribution is 0.101. The van der Waals surface area contributed by atoms with E-state index in [-0.39, 0.29) is 5.78 Å². The first-order chi connectivity index (χ1) is 9.70. The van der Waals surface area contributed by atoms with Gasteiger partial charge in [0.15, 0.2) is 17.3 Å². The van der Waals surface area contributed by atoms with Gasteiger partial charge >= 0.3 is 0 Å². The van der Waals surface area contributed by atoms with Crippen LogP contribution in [0.2, 0.25) is 0 Å². The van der Waals surface area contributed by atoms with Crippen LogP contribution in [0.25, 0.3) is 0 Å². The first-order valence-electron chi connectivity index (χ1n) is 7.25. The zero-order chi connectivity index (χ0) is 14.4. The molecule has 0 bridgehead atoms. The lowest BCUT2D eigenvalue weighted by Gasteiger charge is -2.15. The summed E-state index contributed by atoms with van der Waals surface area (Å²) in [6, 6.07) is 5.32. The highest BCUT2D eigenvalue weighted by atomic mass is 16.5. The van der Waals surface area contributed by atoms with Gasteiger partial charge < -0.3 is 14.4 Å². The second kappa shape index (κ2) is 7.29. The molecule has 1 aliphatic heterocycles. The minimum Gasteiger partial charge on any atom is -0.493 e. The molecule has 0 unspecified atom stereocenters. The Morgan fingerprint density at radius 1 is 1.25 bits per heavy atom. The number of likely N-dealkylation sites (tertiary alicyclic amines) is 1. The minimum absolute atomic E-state index is 0.0314. The van der Waals surface area contributed by atoms with Crippen molar-refractivity contribution in [3.8, 4) is 11.5 Å². The summed E-state index contributed by atoms with van der Waals surface area (Å²) in [7, 11) is 1.59. The molecule has 0 saturated carbocycles. The van der Waals surface area contributed by atoms with Crippen LogP contribution in [0.4, 0.5) is 0 Å². The average molecular weight is 277 g/mol. The molecule has 0 spiro atoms. The van der Waals surface area contributed by atoms with Crippen LogP contribution < -0.4 is 9.47 Å².